The zero-order valence-electron chi connectivity index (χ0n) is 12.8. The smallest absolute Gasteiger partial charge is 0.122 e. The second-order valence-electron chi connectivity index (χ2n) is 6.75. The first-order valence-electron chi connectivity index (χ1n) is 8.26. The lowest BCUT2D eigenvalue weighted by Gasteiger charge is -2.29. The van der Waals surface area contributed by atoms with Gasteiger partial charge in [0, 0.05) is 19.0 Å². The van der Waals surface area contributed by atoms with Gasteiger partial charge < -0.3 is 10.2 Å². The molecule has 0 amide bonds. The zero-order chi connectivity index (χ0) is 14.1. The molecule has 3 rings (SSSR count). The van der Waals surface area contributed by atoms with Gasteiger partial charge in [-0.05, 0) is 56.2 Å². The highest BCUT2D eigenvalue weighted by Gasteiger charge is 2.37. The van der Waals surface area contributed by atoms with Crippen molar-refractivity contribution in [3.05, 3.63) is 23.7 Å². The lowest BCUT2D eigenvalue weighted by atomic mass is 10.1. The summed E-state index contributed by atoms with van der Waals surface area (Å²) in [5, 5.41) is 0. The van der Waals surface area contributed by atoms with E-state index >= 15 is 0 Å². The van der Waals surface area contributed by atoms with Crippen LogP contribution in [0.25, 0.3) is 0 Å². The quantitative estimate of drug-likeness (QED) is 0.790. The molecule has 1 aromatic heterocycles. The van der Waals surface area contributed by atoms with E-state index in [1.54, 1.807) is 0 Å². The maximum atomic E-state index is 6.14. The summed E-state index contributed by atoms with van der Waals surface area (Å²) >= 11 is 0. The van der Waals surface area contributed by atoms with Crippen LogP contribution < -0.4 is 5.73 Å². The van der Waals surface area contributed by atoms with Gasteiger partial charge in [0.25, 0.3) is 0 Å². The maximum Gasteiger partial charge on any atom is 0.122 e. The number of nitrogens with zero attached hydrogens (tertiary/aromatic N) is 1. The van der Waals surface area contributed by atoms with Crippen LogP contribution in [0.15, 0.2) is 16.5 Å². The summed E-state index contributed by atoms with van der Waals surface area (Å²) in [4.78, 5) is 2.54. The molecule has 3 atom stereocenters. The Kier molecular flexibility index (Phi) is 4.18. The molecule has 0 aliphatic heterocycles. The Morgan fingerprint density at radius 1 is 1.40 bits per heavy atom. The van der Waals surface area contributed by atoms with E-state index in [4.69, 9.17) is 10.2 Å². The van der Waals surface area contributed by atoms with Crippen LogP contribution in [0, 0.1) is 11.8 Å². The third-order valence-electron chi connectivity index (χ3n) is 4.82. The normalized spacial score (nSPS) is 27.0. The van der Waals surface area contributed by atoms with Crippen LogP contribution in [0.1, 0.15) is 63.0 Å². The molecule has 3 unspecified atom stereocenters. The van der Waals surface area contributed by atoms with Crippen LogP contribution >= 0.6 is 0 Å². The summed E-state index contributed by atoms with van der Waals surface area (Å²) in [6, 6.07) is 4.60. The maximum absolute atomic E-state index is 6.14. The first-order valence-corrected chi connectivity index (χ1v) is 8.26. The van der Waals surface area contributed by atoms with Crippen molar-refractivity contribution in [2.45, 2.75) is 51.5 Å². The number of hydrogen-bond donors (Lipinski definition) is 1. The molecule has 2 N–H and O–H groups in total. The zero-order valence-corrected chi connectivity index (χ0v) is 12.8. The minimum Gasteiger partial charge on any atom is -0.464 e. The van der Waals surface area contributed by atoms with E-state index in [9.17, 15) is 0 Å². The predicted molar refractivity (Wildman–Crippen MR) is 81.6 cm³/mol. The lowest BCUT2D eigenvalue weighted by molar-refractivity contribution is 0.170. The second-order valence-corrected chi connectivity index (χ2v) is 6.75. The molecule has 3 heteroatoms. The highest BCUT2D eigenvalue weighted by Crippen LogP contribution is 2.47. The molecule has 0 radical (unpaired) electrons. The average molecular weight is 276 g/mol. The molecule has 20 heavy (non-hydrogen) atoms. The molecule has 0 aromatic carbocycles. The average Bonchev–Trinajstić information content (AvgIpc) is 3.33. The Labute approximate surface area is 122 Å². The van der Waals surface area contributed by atoms with Crippen molar-refractivity contribution in [2.75, 3.05) is 19.6 Å². The van der Waals surface area contributed by atoms with Crippen LogP contribution in [0.5, 0.6) is 0 Å². The largest absolute Gasteiger partial charge is 0.464 e. The topological polar surface area (TPSA) is 42.4 Å². The van der Waals surface area contributed by atoms with E-state index in [0.717, 1.165) is 24.1 Å². The van der Waals surface area contributed by atoms with Crippen molar-refractivity contribution >= 4 is 0 Å². The highest BCUT2D eigenvalue weighted by atomic mass is 16.3. The molecular formula is C17H28N2O. The SMILES string of the molecule is CCCN(CC1CC1)C(CN)c1ccc(C2CC2C)o1. The summed E-state index contributed by atoms with van der Waals surface area (Å²) in [5.74, 6) is 4.60. The van der Waals surface area contributed by atoms with Crippen molar-refractivity contribution in [3.8, 4) is 0 Å². The molecule has 0 bridgehead atoms. The minimum absolute atomic E-state index is 0.262. The number of rotatable bonds is 8. The lowest BCUT2D eigenvalue weighted by Crippen LogP contribution is -2.35. The Balaban J connectivity index is 1.70. The third kappa shape index (κ3) is 3.09. The molecule has 2 fully saturated rings. The standard InChI is InChI=1S/C17H28N2O/c1-3-8-19(11-13-4-5-13)15(10-18)17-7-6-16(20-17)14-9-12(14)2/h6-7,12-15H,3-5,8-11,18H2,1-2H3. The summed E-state index contributed by atoms with van der Waals surface area (Å²) in [6.45, 7) is 7.50. The van der Waals surface area contributed by atoms with Gasteiger partial charge in [0.05, 0.1) is 6.04 Å². The van der Waals surface area contributed by atoms with Gasteiger partial charge >= 0.3 is 0 Å². The van der Waals surface area contributed by atoms with Gasteiger partial charge in [-0.2, -0.15) is 0 Å². The molecule has 2 saturated carbocycles. The van der Waals surface area contributed by atoms with Gasteiger partial charge in [0.1, 0.15) is 11.5 Å². The fourth-order valence-corrected chi connectivity index (χ4v) is 3.20. The summed E-state index contributed by atoms with van der Waals surface area (Å²) in [6.07, 6.45) is 5.23. The molecule has 1 aromatic rings. The molecule has 3 nitrogen and oxygen atoms in total. The molecule has 2 aliphatic carbocycles. The number of hydrogen-bond acceptors (Lipinski definition) is 3. The molecule has 0 spiro atoms. The van der Waals surface area contributed by atoms with Crippen LogP contribution in [-0.4, -0.2) is 24.5 Å². The summed E-state index contributed by atoms with van der Waals surface area (Å²) in [7, 11) is 0. The van der Waals surface area contributed by atoms with Gasteiger partial charge in [-0.15, -0.1) is 0 Å². The Hall–Kier alpha value is -0.800. The summed E-state index contributed by atoms with van der Waals surface area (Å²) < 4.78 is 6.14. The van der Waals surface area contributed by atoms with Crippen molar-refractivity contribution in [1.82, 2.24) is 4.90 Å². The minimum atomic E-state index is 0.262. The van der Waals surface area contributed by atoms with E-state index in [2.05, 4.69) is 30.9 Å². The van der Waals surface area contributed by atoms with Gasteiger partial charge in [-0.1, -0.05) is 13.8 Å². The van der Waals surface area contributed by atoms with E-state index < -0.39 is 0 Å². The van der Waals surface area contributed by atoms with Crippen LogP contribution in [0.3, 0.4) is 0 Å². The molecule has 112 valence electrons. The molecule has 2 aliphatic rings. The van der Waals surface area contributed by atoms with Crippen LogP contribution in [0.2, 0.25) is 0 Å². The first-order chi connectivity index (χ1) is 9.72. The fraction of sp³-hybridized carbons (Fsp3) is 0.765. The van der Waals surface area contributed by atoms with Crippen LogP contribution in [-0.2, 0) is 0 Å². The van der Waals surface area contributed by atoms with Crippen molar-refractivity contribution in [1.29, 1.82) is 0 Å². The van der Waals surface area contributed by atoms with Gasteiger partial charge in [-0.25, -0.2) is 0 Å². The van der Waals surface area contributed by atoms with Gasteiger partial charge in [0.2, 0.25) is 0 Å². The van der Waals surface area contributed by atoms with Crippen molar-refractivity contribution in [3.63, 3.8) is 0 Å². The second kappa shape index (κ2) is 5.90. The third-order valence-corrected chi connectivity index (χ3v) is 4.82. The van der Waals surface area contributed by atoms with Gasteiger partial charge in [0.15, 0.2) is 0 Å². The predicted octanol–water partition coefficient (Wildman–Crippen LogP) is 3.52. The van der Waals surface area contributed by atoms with Crippen LogP contribution in [0.4, 0.5) is 0 Å². The molecular weight excluding hydrogens is 248 g/mol. The van der Waals surface area contributed by atoms with Gasteiger partial charge in [-0.3, -0.25) is 4.90 Å². The van der Waals surface area contributed by atoms with E-state index in [-0.39, 0.29) is 6.04 Å². The first kappa shape index (κ1) is 14.2. The molecule has 1 heterocycles. The monoisotopic (exact) mass is 276 g/mol. The van der Waals surface area contributed by atoms with Crippen molar-refractivity contribution < 1.29 is 4.42 Å². The number of furan rings is 1. The molecule has 0 saturated heterocycles. The fourth-order valence-electron chi connectivity index (χ4n) is 3.20. The Morgan fingerprint density at radius 2 is 2.15 bits per heavy atom. The van der Waals surface area contributed by atoms with E-state index in [1.165, 1.54) is 38.0 Å². The van der Waals surface area contributed by atoms with E-state index in [0.29, 0.717) is 12.5 Å². The Morgan fingerprint density at radius 3 is 2.70 bits per heavy atom. The number of nitrogens with two attached hydrogens (primary N) is 1. The summed E-state index contributed by atoms with van der Waals surface area (Å²) in [5.41, 5.74) is 6.06. The van der Waals surface area contributed by atoms with E-state index in [1.807, 2.05) is 0 Å². The highest BCUT2D eigenvalue weighted by molar-refractivity contribution is 5.19. The van der Waals surface area contributed by atoms with Crippen molar-refractivity contribution in [2.24, 2.45) is 17.6 Å². The Bertz CT molecular complexity index is 438.